The number of amides is 1. The molecule has 0 spiro atoms. The number of nitrogens with one attached hydrogen (secondary N) is 1. The fourth-order valence-electron chi connectivity index (χ4n) is 2.67. The molecule has 0 aromatic heterocycles. The molecule has 1 atom stereocenters. The van der Waals surface area contributed by atoms with E-state index >= 15 is 0 Å². The highest BCUT2D eigenvalue weighted by Crippen LogP contribution is 2.23. The number of aryl methyl sites for hydroxylation is 1. The smallest absolute Gasteiger partial charge is 0.407 e. The number of hydrogen-bond acceptors (Lipinski definition) is 3. The van der Waals surface area contributed by atoms with Crippen molar-refractivity contribution in [2.45, 2.75) is 52.3 Å². The molecule has 1 aliphatic rings. The first-order valence-corrected chi connectivity index (χ1v) is 8.60. The van der Waals surface area contributed by atoms with Gasteiger partial charge in [0.15, 0.2) is 0 Å². The third-order valence-electron chi connectivity index (χ3n) is 3.77. The van der Waals surface area contributed by atoms with Crippen molar-refractivity contribution in [3.8, 4) is 0 Å². The average molecular weight is 387 g/mol. The van der Waals surface area contributed by atoms with Crippen LogP contribution in [-0.2, 0) is 11.3 Å². The maximum absolute atomic E-state index is 13.7. The van der Waals surface area contributed by atoms with Gasteiger partial charge in [-0.05, 0) is 73.3 Å². The molecule has 6 heteroatoms. The van der Waals surface area contributed by atoms with E-state index in [0.717, 1.165) is 30.6 Å². The van der Waals surface area contributed by atoms with Gasteiger partial charge in [-0.3, -0.25) is 4.90 Å². The Morgan fingerprint density at radius 2 is 2.17 bits per heavy atom. The lowest BCUT2D eigenvalue weighted by molar-refractivity contribution is 0.0505. The van der Waals surface area contributed by atoms with Gasteiger partial charge in [-0.1, -0.05) is 0 Å². The van der Waals surface area contributed by atoms with Crippen LogP contribution in [0.2, 0.25) is 0 Å². The van der Waals surface area contributed by atoms with Crippen LogP contribution in [0.25, 0.3) is 0 Å². The van der Waals surface area contributed by atoms with Crippen molar-refractivity contribution in [3.63, 3.8) is 0 Å². The van der Waals surface area contributed by atoms with Crippen molar-refractivity contribution < 1.29 is 13.9 Å². The van der Waals surface area contributed by atoms with Crippen LogP contribution in [0.5, 0.6) is 0 Å². The normalized spacial score (nSPS) is 19.0. The van der Waals surface area contributed by atoms with Gasteiger partial charge in [-0.2, -0.15) is 0 Å². The van der Waals surface area contributed by atoms with Crippen molar-refractivity contribution >= 4 is 22.0 Å². The molecular formula is C17H24BrFN2O2. The first-order valence-electron chi connectivity index (χ1n) is 7.80. The van der Waals surface area contributed by atoms with E-state index in [1.165, 1.54) is 0 Å². The van der Waals surface area contributed by atoms with Crippen LogP contribution >= 0.6 is 15.9 Å². The van der Waals surface area contributed by atoms with Gasteiger partial charge in [0.2, 0.25) is 0 Å². The van der Waals surface area contributed by atoms with Crippen molar-refractivity contribution in [1.82, 2.24) is 10.2 Å². The Hall–Kier alpha value is -1.14. The van der Waals surface area contributed by atoms with Gasteiger partial charge in [0, 0.05) is 25.7 Å². The minimum Gasteiger partial charge on any atom is -0.444 e. The number of likely N-dealkylation sites (tertiary alicyclic amines) is 1. The van der Waals surface area contributed by atoms with Crippen LogP contribution in [-0.4, -0.2) is 35.7 Å². The number of carbonyl (C=O) groups is 1. The first kappa shape index (κ1) is 18.2. The van der Waals surface area contributed by atoms with E-state index in [9.17, 15) is 9.18 Å². The average Bonchev–Trinajstić information content (AvgIpc) is 2.80. The van der Waals surface area contributed by atoms with Crippen molar-refractivity contribution in [2.75, 3.05) is 13.1 Å². The van der Waals surface area contributed by atoms with E-state index in [-0.39, 0.29) is 18.0 Å². The zero-order chi connectivity index (χ0) is 17.2. The number of nitrogens with zero attached hydrogens (tertiary/aromatic N) is 1. The number of alkyl carbamates (subject to hydrolysis) is 1. The van der Waals surface area contributed by atoms with E-state index in [1.807, 2.05) is 27.7 Å². The largest absolute Gasteiger partial charge is 0.444 e. The van der Waals surface area contributed by atoms with Crippen LogP contribution in [0, 0.1) is 12.7 Å². The van der Waals surface area contributed by atoms with E-state index in [4.69, 9.17) is 4.74 Å². The number of ether oxygens (including phenoxy) is 1. The lowest BCUT2D eigenvalue weighted by atomic mass is 10.1. The number of benzene rings is 1. The third-order valence-corrected chi connectivity index (χ3v) is 4.37. The SMILES string of the molecule is Cc1cc(Br)c(F)cc1CN1CCC(NC(=O)OC(C)(C)C)C1. The van der Waals surface area contributed by atoms with E-state index in [0.29, 0.717) is 11.0 Å². The standard InChI is InChI=1S/C17H24BrFN2O2/c1-11-7-14(18)15(19)8-12(11)9-21-6-5-13(10-21)20-16(22)23-17(2,3)4/h7-8,13H,5-6,9-10H2,1-4H3,(H,20,22). The summed E-state index contributed by atoms with van der Waals surface area (Å²) in [5.74, 6) is -0.242. The third kappa shape index (κ3) is 5.46. The molecule has 1 aromatic rings. The molecule has 1 fully saturated rings. The van der Waals surface area contributed by atoms with Gasteiger partial charge >= 0.3 is 6.09 Å². The van der Waals surface area contributed by atoms with E-state index < -0.39 is 5.60 Å². The first-order chi connectivity index (χ1) is 10.6. The molecule has 23 heavy (non-hydrogen) atoms. The van der Waals surface area contributed by atoms with Crippen molar-refractivity contribution in [2.24, 2.45) is 0 Å². The van der Waals surface area contributed by atoms with Crippen LogP contribution < -0.4 is 5.32 Å². The Kier molecular flexibility index (Phi) is 5.68. The monoisotopic (exact) mass is 386 g/mol. The van der Waals surface area contributed by atoms with Gasteiger partial charge in [0.1, 0.15) is 11.4 Å². The highest BCUT2D eigenvalue weighted by atomic mass is 79.9. The summed E-state index contributed by atoms with van der Waals surface area (Å²) in [6.45, 7) is 9.82. The Balaban J connectivity index is 1.89. The Morgan fingerprint density at radius 1 is 1.48 bits per heavy atom. The van der Waals surface area contributed by atoms with Gasteiger partial charge in [0.25, 0.3) is 0 Å². The molecule has 0 saturated carbocycles. The maximum atomic E-state index is 13.7. The predicted octanol–water partition coefficient (Wildman–Crippen LogP) is 4.00. The van der Waals surface area contributed by atoms with E-state index in [2.05, 4.69) is 26.1 Å². The summed E-state index contributed by atoms with van der Waals surface area (Å²) in [7, 11) is 0. The highest BCUT2D eigenvalue weighted by Gasteiger charge is 2.26. The van der Waals surface area contributed by atoms with Crippen molar-refractivity contribution in [1.29, 1.82) is 0 Å². The summed E-state index contributed by atoms with van der Waals surface area (Å²) in [6.07, 6.45) is 0.493. The molecule has 0 aliphatic carbocycles. The molecule has 4 nitrogen and oxygen atoms in total. The molecule has 1 amide bonds. The van der Waals surface area contributed by atoms with Crippen LogP contribution in [0.4, 0.5) is 9.18 Å². The van der Waals surface area contributed by atoms with Crippen LogP contribution in [0.3, 0.4) is 0 Å². The fraction of sp³-hybridized carbons (Fsp3) is 0.588. The minimum absolute atomic E-state index is 0.0745. The lowest BCUT2D eigenvalue weighted by Gasteiger charge is -2.22. The minimum atomic E-state index is -0.492. The summed E-state index contributed by atoms with van der Waals surface area (Å²) in [5.41, 5.74) is 1.54. The lowest BCUT2D eigenvalue weighted by Crippen LogP contribution is -2.40. The molecule has 128 valence electrons. The molecule has 0 radical (unpaired) electrons. The number of rotatable bonds is 3. The molecule has 1 aromatic carbocycles. The molecule has 1 unspecified atom stereocenters. The predicted molar refractivity (Wildman–Crippen MR) is 91.9 cm³/mol. The Labute approximate surface area is 145 Å². The summed E-state index contributed by atoms with van der Waals surface area (Å²) in [5, 5.41) is 2.90. The second kappa shape index (κ2) is 7.18. The topological polar surface area (TPSA) is 41.6 Å². The zero-order valence-corrected chi connectivity index (χ0v) is 15.7. The summed E-state index contributed by atoms with van der Waals surface area (Å²) < 4.78 is 19.5. The molecule has 1 heterocycles. The number of carbonyl (C=O) groups excluding carboxylic acids is 1. The number of halogens is 2. The summed E-state index contributed by atoms with van der Waals surface area (Å²) in [6, 6.07) is 3.45. The van der Waals surface area contributed by atoms with Gasteiger partial charge in [0.05, 0.1) is 4.47 Å². The molecular weight excluding hydrogens is 363 g/mol. The second-order valence-corrected chi connectivity index (χ2v) is 7.91. The number of hydrogen-bond donors (Lipinski definition) is 1. The quantitative estimate of drug-likeness (QED) is 0.853. The Morgan fingerprint density at radius 3 is 2.83 bits per heavy atom. The molecule has 0 bridgehead atoms. The highest BCUT2D eigenvalue weighted by molar-refractivity contribution is 9.10. The van der Waals surface area contributed by atoms with E-state index in [1.54, 1.807) is 12.1 Å². The van der Waals surface area contributed by atoms with Gasteiger partial charge < -0.3 is 10.1 Å². The fourth-order valence-corrected chi connectivity index (χ4v) is 3.12. The van der Waals surface area contributed by atoms with Crippen LogP contribution in [0.15, 0.2) is 16.6 Å². The van der Waals surface area contributed by atoms with Crippen molar-refractivity contribution in [3.05, 3.63) is 33.5 Å². The molecule has 1 aliphatic heterocycles. The second-order valence-electron chi connectivity index (χ2n) is 7.06. The Bertz CT molecular complexity index is 587. The molecule has 1 N–H and O–H groups in total. The molecule has 2 rings (SSSR count). The van der Waals surface area contributed by atoms with Gasteiger partial charge in [-0.15, -0.1) is 0 Å². The summed E-state index contributed by atoms with van der Waals surface area (Å²) in [4.78, 5) is 14.0. The van der Waals surface area contributed by atoms with Crippen LogP contribution in [0.1, 0.15) is 38.3 Å². The summed E-state index contributed by atoms with van der Waals surface area (Å²) >= 11 is 3.20. The zero-order valence-electron chi connectivity index (χ0n) is 14.1. The maximum Gasteiger partial charge on any atom is 0.407 e. The van der Waals surface area contributed by atoms with Gasteiger partial charge in [-0.25, -0.2) is 9.18 Å². The molecule has 1 saturated heterocycles.